The van der Waals surface area contributed by atoms with Crippen LogP contribution >= 0.6 is 11.6 Å². The Labute approximate surface area is 207 Å². The van der Waals surface area contributed by atoms with E-state index in [9.17, 15) is 27.9 Å². The molecule has 13 heteroatoms. The van der Waals surface area contributed by atoms with E-state index in [1.54, 1.807) is 29.2 Å². The smallest absolute Gasteiger partial charge is 0.452 e. The van der Waals surface area contributed by atoms with Crippen molar-refractivity contribution < 1.29 is 27.8 Å². The number of nitrogens with zero attached hydrogens (tertiary/aromatic N) is 3. The molecule has 0 aliphatic carbocycles. The number of aliphatic hydroxyl groups is 1. The molecule has 1 unspecified atom stereocenters. The zero-order valence-corrected chi connectivity index (χ0v) is 19.7. The van der Waals surface area contributed by atoms with E-state index in [1.807, 2.05) is 0 Å². The Bertz CT molecular complexity index is 1340. The molecular formula is C23H22ClF3N4O5. The molecule has 1 aliphatic rings. The topological polar surface area (TPSA) is 98.0 Å². The van der Waals surface area contributed by atoms with E-state index >= 15 is 0 Å². The van der Waals surface area contributed by atoms with E-state index in [2.05, 4.69) is 10.1 Å². The second-order valence-electron chi connectivity index (χ2n) is 7.96. The van der Waals surface area contributed by atoms with E-state index in [-0.39, 0.29) is 43.4 Å². The maximum absolute atomic E-state index is 13.4. The molecule has 2 heterocycles. The fraction of sp³-hybridized carbons (Fsp3) is 0.304. The monoisotopic (exact) mass is 526 g/mol. The fourth-order valence-electron chi connectivity index (χ4n) is 3.80. The van der Waals surface area contributed by atoms with Gasteiger partial charge in [-0.25, -0.2) is 4.79 Å². The molecule has 192 valence electrons. The second kappa shape index (κ2) is 10.2. The van der Waals surface area contributed by atoms with Gasteiger partial charge in [0.05, 0.1) is 0 Å². The fourth-order valence-corrected chi connectivity index (χ4v) is 3.93. The molecule has 0 saturated carbocycles. The number of halogens is 4. The average Bonchev–Trinajstić information content (AvgIpc) is 3.17. The largest absolute Gasteiger partial charge is 0.573 e. The first-order valence-corrected chi connectivity index (χ1v) is 11.2. The Balaban J connectivity index is 1.70. The molecule has 0 saturated heterocycles. The summed E-state index contributed by atoms with van der Waals surface area (Å²) in [5.74, 6) is 0.00693. The lowest BCUT2D eigenvalue weighted by atomic mass is 10.2. The van der Waals surface area contributed by atoms with E-state index in [0.717, 1.165) is 22.3 Å². The van der Waals surface area contributed by atoms with Crippen LogP contribution in [0.3, 0.4) is 0 Å². The molecule has 9 nitrogen and oxygen atoms in total. The number of nitrogens with one attached hydrogen (secondary N) is 1. The Morgan fingerprint density at radius 1 is 1.06 bits per heavy atom. The standard InChI is InChI=1S/C23H22ClF3N4O5/c1-29-19-18(20(33)30(22(29)34)11-2-12-32)31(13-14-3-5-15(24)6-4-14)21(28-19)35-16-7-9-17(10-8-16)36-23(25,26)27/h3-10,21,28,32H,2,11-13H2,1H3. The van der Waals surface area contributed by atoms with Crippen molar-refractivity contribution in [3.63, 3.8) is 0 Å². The molecule has 0 bridgehead atoms. The maximum atomic E-state index is 13.4. The molecular weight excluding hydrogens is 505 g/mol. The molecule has 2 aromatic carbocycles. The summed E-state index contributed by atoms with van der Waals surface area (Å²) in [6.07, 6.45) is -5.59. The van der Waals surface area contributed by atoms with Gasteiger partial charge in [0, 0.05) is 31.8 Å². The first-order valence-electron chi connectivity index (χ1n) is 10.8. The second-order valence-corrected chi connectivity index (χ2v) is 8.40. The zero-order valence-electron chi connectivity index (χ0n) is 19.0. The summed E-state index contributed by atoms with van der Waals surface area (Å²) in [6.45, 7) is 0.0139. The molecule has 3 aromatic rings. The van der Waals surface area contributed by atoms with E-state index < -0.39 is 29.7 Å². The van der Waals surface area contributed by atoms with Crippen molar-refractivity contribution in [2.24, 2.45) is 7.05 Å². The maximum Gasteiger partial charge on any atom is 0.573 e. The third kappa shape index (κ3) is 5.44. The van der Waals surface area contributed by atoms with E-state index in [1.165, 1.54) is 23.7 Å². The van der Waals surface area contributed by atoms with Crippen LogP contribution in [0.2, 0.25) is 5.02 Å². The van der Waals surface area contributed by atoms with Crippen LogP contribution in [0, 0.1) is 0 Å². The Morgan fingerprint density at radius 3 is 2.31 bits per heavy atom. The van der Waals surface area contributed by atoms with Gasteiger partial charge in [0.25, 0.3) is 11.9 Å². The zero-order chi connectivity index (χ0) is 26.0. The first kappa shape index (κ1) is 25.5. The third-order valence-corrected chi connectivity index (χ3v) is 5.72. The number of fused-ring (bicyclic) bond motifs is 1. The van der Waals surface area contributed by atoms with Gasteiger partial charge < -0.3 is 24.8 Å². The van der Waals surface area contributed by atoms with Gasteiger partial charge in [-0.2, -0.15) is 0 Å². The van der Waals surface area contributed by atoms with Crippen molar-refractivity contribution in [3.05, 3.63) is 80.0 Å². The van der Waals surface area contributed by atoms with Crippen LogP contribution in [0.5, 0.6) is 11.5 Å². The summed E-state index contributed by atoms with van der Waals surface area (Å²) in [5, 5.41) is 12.7. The quantitative estimate of drug-likeness (QED) is 0.465. The van der Waals surface area contributed by atoms with Gasteiger partial charge in [0.15, 0.2) is 0 Å². The molecule has 4 rings (SSSR count). The summed E-state index contributed by atoms with van der Waals surface area (Å²) in [6, 6.07) is 11.7. The highest BCUT2D eigenvalue weighted by atomic mass is 35.5. The van der Waals surface area contributed by atoms with Crippen LogP contribution in [0.15, 0.2) is 58.1 Å². The number of aliphatic hydroxyl groups excluding tert-OH is 1. The van der Waals surface area contributed by atoms with E-state index in [0.29, 0.717) is 5.02 Å². The minimum Gasteiger partial charge on any atom is -0.452 e. The normalized spacial score (nSPS) is 14.9. The average molecular weight is 527 g/mol. The summed E-state index contributed by atoms with van der Waals surface area (Å²) in [5.41, 5.74) is -0.178. The lowest BCUT2D eigenvalue weighted by molar-refractivity contribution is -0.274. The molecule has 1 atom stereocenters. The van der Waals surface area contributed by atoms with Gasteiger partial charge in [-0.3, -0.25) is 13.9 Å². The molecule has 0 amide bonds. The van der Waals surface area contributed by atoms with Crippen LogP contribution < -0.4 is 30.9 Å². The number of hydrogen-bond donors (Lipinski definition) is 2. The molecule has 0 radical (unpaired) electrons. The number of alkyl halides is 3. The number of ether oxygens (including phenoxy) is 2. The third-order valence-electron chi connectivity index (χ3n) is 5.47. The predicted octanol–water partition coefficient (Wildman–Crippen LogP) is 3.28. The van der Waals surface area contributed by atoms with Gasteiger partial charge in [-0.1, -0.05) is 23.7 Å². The number of benzene rings is 2. The van der Waals surface area contributed by atoms with Crippen molar-refractivity contribution in [1.29, 1.82) is 0 Å². The summed E-state index contributed by atoms with van der Waals surface area (Å²) in [4.78, 5) is 27.8. The molecule has 0 fully saturated rings. The molecule has 0 spiro atoms. The number of rotatable bonds is 8. The van der Waals surface area contributed by atoms with Crippen molar-refractivity contribution in [3.8, 4) is 11.5 Å². The van der Waals surface area contributed by atoms with Crippen LogP contribution in [0.25, 0.3) is 0 Å². The molecule has 1 aromatic heterocycles. The predicted molar refractivity (Wildman–Crippen MR) is 126 cm³/mol. The lowest BCUT2D eigenvalue weighted by Gasteiger charge is -2.26. The van der Waals surface area contributed by atoms with Crippen molar-refractivity contribution >= 4 is 23.1 Å². The molecule has 2 N–H and O–H groups in total. The molecule has 1 aliphatic heterocycles. The number of anilines is 2. The van der Waals surface area contributed by atoms with E-state index in [4.69, 9.17) is 16.3 Å². The van der Waals surface area contributed by atoms with Gasteiger partial charge >= 0.3 is 12.1 Å². The van der Waals surface area contributed by atoms with Crippen LogP contribution in [-0.2, 0) is 20.1 Å². The van der Waals surface area contributed by atoms with Crippen molar-refractivity contribution in [2.75, 3.05) is 16.8 Å². The SMILES string of the molecule is Cn1c2c(c(=O)n(CCCO)c1=O)N(Cc1ccc(Cl)cc1)C(Oc1ccc(OC(F)(F)F)cc1)N2. The highest BCUT2D eigenvalue weighted by Gasteiger charge is 2.36. The Morgan fingerprint density at radius 2 is 1.69 bits per heavy atom. The number of hydrogen-bond acceptors (Lipinski definition) is 7. The van der Waals surface area contributed by atoms with Gasteiger partial charge in [-0.15, -0.1) is 13.2 Å². The summed E-state index contributed by atoms with van der Waals surface area (Å²) < 4.78 is 49.6. The summed E-state index contributed by atoms with van der Waals surface area (Å²) >= 11 is 5.99. The minimum absolute atomic E-state index is 0.0241. The van der Waals surface area contributed by atoms with Gasteiger partial charge in [0.1, 0.15) is 23.0 Å². The molecule has 36 heavy (non-hydrogen) atoms. The first-order chi connectivity index (χ1) is 17.1. The Hall–Kier alpha value is -3.64. The lowest BCUT2D eigenvalue weighted by Crippen LogP contribution is -2.43. The minimum atomic E-state index is -4.83. The van der Waals surface area contributed by atoms with Crippen molar-refractivity contribution in [1.82, 2.24) is 9.13 Å². The van der Waals surface area contributed by atoms with Gasteiger partial charge in [-0.05, 0) is 48.4 Å². The Kier molecular flexibility index (Phi) is 7.18. The van der Waals surface area contributed by atoms with Crippen LogP contribution in [0.1, 0.15) is 12.0 Å². The highest BCUT2D eigenvalue weighted by Crippen LogP contribution is 2.33. The number of aromatic nitrogens is 2. The summed E-state index contributed by atoms with van der Waals surface area (Å²) in [7, 11) is 1.50. The van der Waals surface area contributed by atoms with Crippen molar-refractivity contribution in [2.45, 2.75) is 32.2 Å². The van der Waals surface area contributed by atoms with Crippen LogP contribution in [-0.4, -0.2) is 33.6 Å². The van der Waals surface area contributed by atoms with Crippen LogP contribution in [0.4, 0.5) is 24.7 Å². The highest BCUT2D eigenvalue weighted by molar-refractivity contribution is 6.30. The van der Waals surface area contributed by atoms with Gasteiger partial charge in [0.2, 0.25) is 0 Å².